The molecule has 0 fully saturated rings. The molecule has 0 bridgehead atoms. The van der Waals surface area contributed by atoms with Crippen LogP contribution in [0.15, 0.2) is 6.07 Å². The van der Waals surface area contributed by atoms with Gasteiger partial charge in [0.2, 0.25) is 0 Å². The summed E-state index contributed by atoms with van der Waals surface area (Å²) in [6.07, 6.45) is 1.05. The first-order chi connectivity index (χ1) is 6.49. The Balaban J connectivity index is 3.33. The molecule has 1 nitrogen and oxygen atoms in total. The highest BCUT2D eigenvalue weighted by atomic mass is 19.1. The van der Waals surface area contributed by atoms with E-state index in [0.717, 1.165) is 12.0 Å². The van der Waals surface area contributed by atoms with E-state index < -0.39 is 0 Å². The van der Waals surface area contributed by atoms with Crippen molar-refractivity contribution in [2.24, 2.45) is 0 Å². The second kappa shape index (κ2) is 3.99. The molecule has 78 valence electrons. The first-order valence-corrected chi connectivity index (χ1v) is 5.04. The summed E-state index contributed by atoms with van der Waals surface area (Å²) in [7, 11) is 0. The topological polar surface area (TPSA) is 26.0 Å². The van der Waals surface area contributed by atoms with Crippen LogP contribution in [-0.2, 0) is 0 Å². The van der Waals surface area contributed by atoms with E-state index in [0.29, 0.717) is 11.5 Å². The van der Waals surface area contributed by atoms with Crippen molar-refractivity contribution in [2.75, 3.05) is 5.73 Å². The second-order valence-electron chi connectivity index (χ2n) is 3.93. The van der Waals surface area contributed by atoms with Crippen molar-refractivity contribution in [3.63, 3.8) is 0 Å². The van der Waals surface area contributed by atoms with E-state index in [1.54, 1.807) is 13.0 Å². The van der Waals surface area contributed by atoms with Gasteiger partial charge in [0, 0.05) is 0 Å². The smallest absolute Gasteiger partial charge is 0.149 e. The fourth-order valence-electron chi connectivity index (χ4n) is 1.67. The zero-order valence-electron chi connectivity index (χ0n) is 9.32. The number of halogens is 1. The van der Waals surface area contributed by atoms with Gasteiger partial charge < -0.3 is 5.73 Å². The summed E-state index contributed by atoms with van der Waals surface area (Å²) in [4.78, 5) is 0. The Hall–Kier alpha value is -1.05. The molecule has 1 aromatic carbocycles. The summed E-state index contributed by atoms with van der Waals surface area (Å²) in [5, 5.41) is 0. The molecule has 0 spiro atoms. The Kier molecular flexibility index (Phi) is 3.14. The summed E-state index contributed by atoms with van der Waals surface area (Å²) < 4.78 is 13.4. The Bertz CT molecular complexity index is 345. The predicted molar refractivity (Wildman–Crippen MR) is 59.0 cm³/mol. The molecular formula is C12H18FN. The van der Waals surface area contributed by atoms with Crippen LogP contribution in [-0.4, -0.2) is 0 Å². The maximum atomic E-state index is 13.4. The lowest BCUT2D eigenvalue weighted by Crippen LogP contribution is -2.03. The van der Waals surface area contributed by atoms with Crippen molar-refractivity contribution in [3.8, 4) is 0 Å². The van der Waals surface area contributed by atoms with Crippen LogP contribution >= 0.6 is 0 Å². The number of hydrogen-bond acceptors (Lipinski definition) is 1. The lowest BCUT2D eigenvalue weighted by Gasteiger charge is -2.16. The Morgan fingerprint density at radius 2 is 1.93 bits per heavy atom. The Morgan fingerprint density at radius 3 is 2.43 bits per heavy atom. The van der Waals surface area contributed by atoms with E-state index in [1.807, 2.05) is 6.92 Å². The zero-order chi connectivity index (χ0) is 10.9. The van der Waals surface area contributed by atoms with Crippen LogP contribution in [0.2, 0.25) is 0 Å². The zero-order valence-corrected chi connectivity index (χ0v) is 9.32. The van der Waals surface area contributed by atoms with E-state index in [9.17, 15) is 4.39 Å². The van der Waals surface area contributed by atoms with Crippen LogP contribution < -0.4 is 5.73 Å². The number of hydrogen-bond donors (Lipinski definition) is 1. The third kappa shape index (κ3) is 1.74. The fraction of sp³-hybridized carbons (Fsp3) is 0.500. The fourth-order valence-corrected chi connectivity index (χ4v) is 1.67. The first-order valence-electron chi connectivity index (χ1n) is 5.04. The predicted octanol–water partition coefficient (Wildman–Crippen LogP) is 3.54. The van der Waals surface area contributed by atoms with Crippen LogP contribution in [0.4, 0.5) is 10.1 Å². The van der Waals surface area contributed by atoms with Gasteiger partial charge in [-0.1, -0.05) is 13.8 Å². The molecule has 14 heavy (non-hydrogen) atoms. The van der Waals surface area contributed by atoms with Gasteiger partial charge in [-0.15, -0.1) is 0 Å². The molecule has 1 aromatic rings. The highest BCUT2D eigenvalue weighted by molar-refractivity contribution is 5.51. The van der Waals surface area contributed by atoms with Crippen LogP contribution in [0, 0.1) is 19.7 Å². The second-order valence-corrected chi connectivity index (χ2v) is 3.93. The highest BCUT2D eigenvalue weighted by Crippen LogP contribution is 2.29. The molecule has 0 aromatic heterocycles. The van der Waals surface area contributed by atoms with Gasteiger partial charge in [0.25, 0.3) is 0 Å². The van der Waals surface area contributed by atoms with Crippen molar-refractivity contribution in [2.45, 2.75) is 40.0 Å². The minimum absolute atomic E-state index is 0.267. The van der Waals surface area contributed by atoms with Gasteiger partial charge in [-0.3, -0.25) is 0 Å². The van der Waals surface area contributed by atoms with Gasteiger partial charge in [-0.2, -0.15) is 0 Å². The number of nitrogens with two attached hydrogens (primary N) is 1. The maximum absolute atomic E-state index is 13.4. The highest BCUT2D eigenvalue weighted by Gasteiger charge is 2.13. The lowest BCUT2D eigenvalue weighted by molar-refractivity contribution is 0.617. The Labute approximate surface area is 85.1 Å². The molecule has 0 aliphatic carbocycles. The minimum atomic E-state index is -0.269. The van der Waals surface area contributed by atoms with Gasteiger partial charge in [-0.25, -0.2) is 4.39 Å². The monoisotopic (exact) mass is 195 g/mol. The normalized spacial score (nSPS) is 12.9. The van der Waals surface area contributed by atoms with E-state index in [1.165, 1.54) is 5.56 Å². The summed E-state index contributed by atoms with van der Waals surface area (Å²) in [6.45, 7) is 8.00. The standard InChI is InChI=1S/C12H18FN/c1-5-7(2)10-6-11(14)12(13)9(4)8(10)3/h6-7H,5,14H2,1-4H3. The quantitative estimate of drug-likeness (QED) is 0.718. The van der Waals surface area contributed by atoms with Crippen molar-refractivity contribution in [1.29, 1.82) is 0 Å². The van der Waals surface area contributed by atoms with E-state index in [2.05, 4.69) is 13.8 Å². The lowest BCUT2D eigenvalue weighted by atomic mass is 9.91. The number of benzene rings is 1. The van der Waals surface area contributed by atoms with Gasteiger partial charge in [0.1, 0.15) is 5.82 Å². The van der Waals surface area contributed by atoms with E-state index in [4.69, 9.17) is 5.73 Å². The van der Waals surface area contributed by atoms with E-state index in [-0.39, 0.29) is 11.5 Å². The molecule has 0 aliphatic heterocycles. The SMILES string of the molecule is CCC(C)c1cc(N)c(F)c(C)c1C. The third-order valence-electron chi connectivity index (χ3n) is 3.03. The first kappa shape index (κ1) is 11.0. The summed E-state index contributed by atoms with van der Waals surface area (Å²) in [5.74, 6) is 0.172. The maximum Gasteiger partial charge on any atom is 0.149 e. The van der Waals surface area contributed by atoms with Gasteiger partial charge in [-0.05, 0) is 48.9 Å². The average molecular weight is 195 g/mol. The average Bonchev–Trinajstić information content (AvgIpc) is 2.19. The van der Waals surface area contributed by atoms with Gasteiger partial charge >= 0.3 is 0 Å². The molecule has 1 rings (SSSR count). The molecule has 0 amide bonds. The van der Waals surface area contributed by atoms with Gasteiger partial charge in [0.05, 0.1) is 5.69 Å². The molecule has 0 saturated carbocycles. The van der Waals surface area contributed by atoms with Crippen molar-refractivity contribution >= 4 is 5.69 Å². The van der Waals surface area contributed by atoms with Crippen LogP contribution in [0.25, 0.3) is 0 Å². The minimum Gasteiger partial charge on any atom is -0.396 e. The summed E-state index contributed by atoms with van der Waals surface area (Å²) in [5.41, 5.74) is 8.76. The largest absolute Gasteiger partial charge is 0.396 e. The molecular weight excluding hydrogens is 177 g/mol. The summed E-state index contributed by atoms with van der Waals surface area (Å²) >= 11 is 0. The number of anilines is 1. The van der Waals surface area contributed by atoms with Crippen LogP contribution in [0.3, 0.4) is 0 Å². The van der Waals surface area contributed by atoms with Crippen molar-refractivity contribution < 1.29 is 4.39 Å². The Morgan fingerprint density at radius 1 is 1.36 bits per heavy atom. The molecule has 2 heteroatoms. The van der Waals surface area contributed by atoms with Crippen molar-refractivity contribution in [1.82, 2.24) is 0 Å². The molecule has 0 aliphatic rings. The van der Waals surface area contributed by atoms with Crippen LogP contribution in [0.1, 0.15) is 42.9 Å². The molecule has 0 radical (unpaired) electrons. The molecule has 0 heterocycles. The molecule has 0 saturated heterocycles. The molecule has 2 N–H and O–H groups in total. The number of nitrogen functional groups attached to an aromatic ring is 1. The molecule has 1 unspecified atom stereocenters. The molecule has 1 atom stereocenters. The van der Waals surface area contributed by atoms with Crippen molar-refractivity contribution in [3.05, 3.63) is 28.6 Å². The van der Waals surface area contributed by atoms with Crippen LogP contribution in [0.5, 0.6) is 0 Å². The number of rotatable bonds is 2. The third-order valence-corrected chi connectivity index (χ3v) is 3.03. The van der Waals surface area contributed by atoms with E-state index >= 15 is 0 Å². The van der Waals surface area contributed by atoms with Gasteiger partial charge in [0.15, 0.2) is 0 Å². The summed E-state index contributed by atoms with van der Waals surface area (Å²) in [6, 6.07) is 1.77.